The van der Waals surface area contributed by atoms with Crippen molar-refractivity contribution < 1.29 is 0 Å². The summed E-state index contributed by atoms with van der Waals surface area (Å²) in [5.41, 5.74) is 0.502. The summed E-state index contributed by atoms with van der Waals surface area (Å²) < 4.78 is 0. The van der Waals surface area contributed by atoms with Crippen LogP contribution in [0.3, 0.4) is 0 Å². The molecule has 2 aliphatic rings. The van der Waals surface area contributed by atoms with Gasteiger partial charge in [-0.25, -0.2) is 0 Å². The van der Waals surface area contributed by atoms with Crippen LogP contribution in [0, 0.1) is 17.3 Å². The molecule has 2 atom stereocenters. The van der Waals surface area contributed by atoms with Crippen LogP contribution in [0.15, 0.2) is 0 Å². The standard InChI is InChI=1S/C17H34N2/c1-5-14-6-9-18-16(12-14)13-19-10-7-15(8-11-19)17(2,3)4/h14-16,18H,5-13H2,1-4H3. The SMILES string of the molecule is CCC1CCNC(CN2CCC(C(C)(C)C)CC2)C1. The lowest BCUT2D eigenvalue weighted by Crippen LogP contribution is -2.48. The van der Waals surface area contributed by atoms with Gasteiger partial charge in [0.15, 0.2) is 0 Å². The Hall–Kier alpha value is -0.0800. The summed E-state index contributed by atoms with van der Waals surface area (Å²) >= 11 is 0. The van der Waals surface area contributed by atoms with E-state index in [2.05, 4.69) is 37.9 Å². The molecule has 0 aromatic heterocycles. The van der Waals surface area contributed by atoms with Gasteiger partial charge < -0.3 is 10.2 Å². The predicted molar refractivity (Wildman–Crippen MR) is 83.4 cm³/mol. The Labute approximate surface area is 120 Å². The summed E-state index contributed by atoms with van der Waals surface area (Å²) in [6, 6.07) is 0.755. The Morgan fingerprint density at radius 3 is 2.37 bits per heavy atom. The van der Waals surface area contributed by atoms with Crippen molar-refractivity contribution in [1.82, 2.24) is 10.2 Å². The molecule has 0 amide bonds. The fraction of sp³-hybridized carbons (Fsp3) is 1.00. The van der Waals surface area contributed by atoms with E-state index < -0.39 is 0 Å². The Bertz CT molecular complexity index is 261. The number of piperidine rings is 2. The van der Waals surface area contributed by atoms with E-state index in [1.54, 1.807) is 0 Å². The molecule has 112 valence electrons. The summed E-state index contributed by atoms with van der Waals surface area (Å²) in [5.74, 6) is 1.89. The average Bonchev–Trinajstić information content (AvgIpc) is 2.38. The van der Waals surface area contributed by atoms with Crippen LogP contribution in [0.2, 0.25) is 0 Å². The molecule has 2 nitrogen and oxygen atoms in total. The third-order valence-corrected chi connectivity index (χ3v) is 5.47. The van der Waals surface area contributed by atoms with Crippen molar-refractivity contribution in [3.63, 3.8) is 0 Å². The number of nitrogens with zero attached hydrogens (tertiary/aromatic N) is 1. The van der Waals surface area contributed by atoms with Gasteiger partial charge in [0, 0.05) is 12.6 Å². The molecule has 0 aliphatic carbocycles. The van der Waals surface area contributed by atoms with E-state index in [0.717, 1.165) is 17.9 Å². The Balaban J connectivity index is 1.73. The maximum atomic E-state index is 3.73. The van der Waals surface area contributed by atoms with Crippen LogP contribution in [0.5, 0.6) is 0 Å². The number of likely N-dealkylation sites (tertiary alicyclic amines) is 1. The molecule has 2 unspecified atom stereocenters. The van der Waals surface area contributed by atoms with Crippen LogP contribution in [-0.4, -0.2) is 37.1 Å². The molecular formula is C17H34N2. The van der Waals surface area contributed by atoms with Crippen molar-refractivity contribution >= 4 is 0 Å². The third kappa shape index (κ3) is 4.46. The lowest BCUT2D eigenvalue weighted by molar-refractivity contribution is 0.0984. The highest BCUT2D eigenvalue weighted by atomic mass is 15.2. The molecule has 0 aromatic rings. The van der Waals surface area contributed by atoms with Crippen molar-refractivity contribution in [1.29, 1.82) is 0 Å². The van der Waals surface area contributed by atoms with Gasteiger partial charge in [0.25, 0.3) is 0 Å². The van der Waals surface area contributed by atoms with Crippen molar-refractivity contribution in [3.8, 4) is 0 Å². The molecule has 1 N–H and O–H groups in total. The first-order valence-corrected chi connectivity index (χ1v) is 8.44. The molecule has 2 rings (SSSR count). The smallest absolute Gasteiger partial charge is 0.0197 e. The molecule has 0 aromatic carbocycles. The summed E-state index contributed by atoms with van der Waals surface area (Å²) in [6.45, 7) is 14.7. The fourth-order valence-corrected chi connectivity index (χ4v) is 3.90. The Morgan fingerprint density at radius 1 is 1.11 bits per heavy atom. The number of hydrogen-bond acceptors (Lipinski definition) is 2. The van der Waals surface area contributed by atoms with Gasteiger partial charge in [-0.05, 0) is 62.6 Å². The van der Waals surface area contributed by atoms with E-state index in [1.165, 1.54) is 58.3 Å². The van der Waals surface area contributed by atoms with E-state index >= 15 is 0 Å². The quantitative estimate of drug-likeness (QED) is 0.841. The molecule has 2 fully saturated rings. The minimum atomic E-state index is 0.502. The van der Waals surface area contributed by atoms with E-state index in [4.69, 9.17) is 0 Å². The molecule has 2 saturated heterocycles. The second-order valence-corrected chi connectivity index (χ2v) is 7.89. The molecular weight excluding hydrogens is 232 g/mol. The van der Waals surface area contributed by atoms with E-state index in [0.29, 0.717) is 5.41 Å². The third-order valence-electron chi connectivity index (χ3n) is 5.47. The maximum Gasteiger partial charge on any atom is 0.0197 e. The summed E-state index contributed by atoms with van der Waals surface area (Å²) in [7, 11) is 0. The van der Waals surface area contributed by atoms with Gasteiger partial charge in [0.05, 0.1) is 0 Å². The highest BCUT2D eigenvalue weighted by Gasteiger charge is 2.30. The highest BCUT2D eigenvalue weighted by Crippen LogP contribution is 2.34. The van der Waals surface area contributed by atoms with Crippen LogP contribution in [0.1, 0.15) is 59.8 Å². The lowest BCUT2D eigenvalue weighted by Gasteiger charge is -2.41. The van der Waals surface area contributed by atoms with Crippen molar-refractivity contribution in [2.45, 2.75) is 65.8 Å². The zero-order valence-corrected chi connectivity index (χ0v) is 13.5. The summed E-state index contributed by atoms with van der Waals surface area (Å²) in [5, 5.41) is 3.73. The largest absolute Gasteiger partial charge is 0.313 e. The molecule has 2 aliphatic heterocycles. The van der Waals surface area contributed by atoms with Crippen LogP contribution in [0.25, 0.3) is 0 Å². The first-order valence-electron chi connectivity index (χ1n) is 8.44. The van der Waals surface area contributed by atoms with Gasteiger partial charge in [0.1, 0.15) is 0 Å². The summed E-state index contributed by atoms with van der Waals surface area (Å²) in [6.07, 6.45) is 6.94. The first kappa shape index (κ1) is 15.3. The van der Waals surface area contributed by atoms with Gasteiger partial charge >= 0.3 is 0 Å². The zero-order valence-electron chi connectivity index (χ0n) is 13.5. The van der Waals surface area contributed by atoms with Crippen LogP contribution < -0.4 is 5.32 Å². The summed E-state index contributed by atoms with van der Waals surface area (Å²) in [4.78, 5) is 2.71. The van der Waals surface area contributed by atoms with Crippen LogP contribution in [0.4, 0.5) is 0 Å². The van der Waals surface area contributed by atoms with Crippen LogP contribution in [-0.2, 0) is 0 Å². The number of rotatable bonds is 3. The van der Waals surface area contributed by atoms with Gasteiger partial charge in [-0.3, -0.25) is 0 Å². The molecule has 0 radical (unpaired) electrons. The van der Waals surface area contributed by atoms with Crippen molar-refractivity contribution in [2.24, 2.45) is 17.3 Å². The normalized spacial score (nSPS) is 31.6. The molecule has 2 heterocycles. The van der Waals surface area contributed by atoms with Crippen molar-refractivity contribution in [2.75, 3.05) is 26.2 Å². The molecule has 0 saturated carbocycles. The minimum absolute atomic E-state index is 0.502. The van der Waals surface area contributed by atoms with E-state index in [-0.39, 0.29) is 0 Å². The topological polar surface area (TPSA) is 15.3 Å². The van der Waals surface area contributed by atoms with E-state index in [1.807, 2.05) is 0 Å². The number of hydrogen-bond donors (Lipinski definition) is 1. The zero-order chi connectivity index (χ0) is 13.9. The first-order chi connectivity index (χ1) is 8.99. The Morgan fingerprint density at radius 2 is 1.79 bits per heavy atom. The Kier molecular flexibility index (Phi) is 5.30. The second-order valence-electron chi connectivity index (χ2n) is 7.89. The molecule has 0 bridgehead atoms. The van der Waals surface area contributed by atoms with Crippen molar-refractivity contribution in [3.05, 3.63) is 0 Å². The minimum Gasteiger partial charge on any atom is -0.313 e. The predicted octanol–water partition coefficient (Wildman–Crippen LogP) is 3.52. The maximum absolute atomic E-state index is 3.73. The van der Waals surface area contributed by atoms with Gasteiger partial charge in [0.2, 0.25) is 0 Å². The highest BCUT2D eigenvalue weighted by molar-refractivity contribution is 4.85. The lowest BCUT2D eigenvalue weighted by atomic mass is 9.75. The second kappa shape index (κ2) is 6.58. The fourth-order valence-electron chi connectivity index (χ4n) is 3.90. The van der Waals surface area contributed by atoms with Gasteiger partial charge in [-0.15, -0.1) is 0 Å². The monoisotopic (exact) mass is 266 g/mol. The van der Waals surface area contributed by atoms with Gasteiger partial charge in [-0.1, -0.05) is 34.1 Å². The van der Waals surface area contributed by atoms with E-state index in [9.17, 15) is 0 Å². The molecule has 2 heteroatoms. The molecule has 19 heavy (non-hydrogen) atoms. The average molecular weight is 266 g/mol. The van der Waals surface area contributed by atoms with Gasteiger partial charge in [-0.2, -0.15) is 0 Å². The molecule has 0 spiro atoms. The van der Waals surface area contributed by atoms with Crippen LogP contribution >= 0.6 is 0 Å². The number of nitrogens with one attached hydrogen (secondary N) is 1.